The molecule has 1 rings (SSSR count). The van der Waals surface area contributed by atoms with Gasteiger partial charge in [-0.3, -0.25) is 0 Å². The summed E-state index contributed by atoms with van der Waals surface area (Å²) >= 11 is 0. The van der Waals surface area contributed by atoms with Crippen LogP contribution in [0.2, 0.25) is 0 Å². The van der Waals surface area contributed by atoms with Crippen molar-refractivity contribution in [3.63, 3.8) is 0 Å². The normalized spacial score (nSPS) is 27.8. The van der Waals surface area contributed by atoms with E-state index >= 15 is 0 Å². The van der Waals surface area contributed by atoms with Gasteiger partial charge in [0.2, 0.25) is 0 Å². The summed E-state index contributed by atoms with van der Waals surface area (Å²) in [7, 11) is 0. The first kappa shape index (κ1) is 8.33. The fourth-order valence-electron chi connectivity index (χ4n) is 1.65. The van der Waals surface area contributed by atoms with Gasteiger partial charge in [0.1, 0.15) is 0 Å². The van der Waals surface area contributed by atoms with Crippen LogP contribution in [0.25, 0.3) is 0 Å². The Kier molecular flexibility index (Phi) is 2.04. The van der Waals surface area contributed by atoms with Crippen LogP contribution in [0.3, 0.4) is 0 Å². The lowest BCUT2D eigenvalue weighted by Gasteiger charge is -2.27. The van der Waals surface area contributed by atoms with Crippen molar-refractivity contribution in [2.75, 3.05) is 0 Å². The van der Waals surface area contributed by atoms with Crippen LogP contribution >= 0.6 is 0 Å². The molecule has 11 heavy (non-hydrogen) atoms. The van der Waals surface area contributed by atoms with Gasteiger partial charge in [-0.2, -0.15) is 5.26 Å². The van der Waals surface area contributed by atoms with E-state index in [9.17, 15) is 0 Å². The van der Waals surface area contributed by atoms with Crippen LogP contribution in [-0.4, -0.2) is 0 Å². The van der Waals surface area contributed by atoms with Gasteiger partial charge >= 0.3 is 0 Å². The third-order valence-electron chi connectivity index (χ3n) is 3.08. The van der Waals surface area contributed by atoms with E-state index in [2.05, 4.69) is 32.9 Å². The first-order valence-electron chi connectivity index (χ1n) is 4.13. The molecule has 1 heteroatoms. The zero-order valence-electron chi connectivity index (χ0n) is 7.52. The van der Waals surface area contributed by atoms with E-state index < -0.39 is 0 Å². The summed E-state index contributed by atoms with van der Waals surface area (Å²) in [4.78, 5) is 0. The van der Waals surface area contributed by atoms with Gasteiger partial charge in [-0.15, -0.1) is 0 Å². The van der Waals surface area contributed by atoms with Crippen molar-refractivity contribution in [3.05, 3.63) is 11.6 Å². The summed E-state index contributed by atoms with van der Waals surface area (Å²) in [6, 6.07) is 2.25. The Morgan fingerprint density at radius 1 is 1.73 bits per heavy atom. The molecular weight excluding hydrogens is 134 g/mol. The number of nitriles is 1. The Balaban J connectivity index is 2.72. The molecule has 0 heterocycles. The van der Waals surface area contributed by atoms with E-state index in [1.807, 2.05) is 0 Å². The molecule has 0 spiro atoms. The molecule has 60 valence electrons. The molecule has 0 aliphatic heterocycles. The summed E-state index contributed by atoms with van der Waals surface area (Å²) in [6.07, 6.45) is 4.05. The second kappa shape index (κ2) is 2.70. The molecule has 0 fully saturated rings. The monoisotopic (exact) mass is 149 g/mol. The molecular formula is C10H15N. The SMILES string of the molecule is CC1=CC[C@@H](CC#N)C1(C)C. The van der Waals surface area contributed by atoms with Crippen LogP contribution in [0.15, 0.2) is 11.6 Å². The zero-order valence-corrected chi connectivity index (χ0v) is 7.52. The van der Waals surface area contributed by atoms with E-state index in [0.717, 1.165) is 6.42 Å². The Morgan fingerprint density at radius 3 is 2.73 bits per heavy atom. The fraction of sp³-hybridized carbons (Fsp3) is 0.700. The summed E-state index contributed by atoms with van der Waals surface area (Å²) in [5.41, 5.74) is 1.70. The van der Waals surface area contributed by atoms with Crippen LogP contribution in [0.5, 0.6) is 0 Å². The van der Waals surface area contributed by atoms with Crippen molar-refractivity contribution in [2.45, 2.75) is 33.6 Å². The largest absolute Gasteiger partial charge is 0.198 e. The zero-order chi connectivity index (χ0) is 8.48. The Hall–Kier alpha value is -0.770. The van der Waals surface area contributed by atoms with Crippen molar-refractivity contribution >= 4 is 0 Å². The van der Waals surface area contributed by atoms with E-state index in [1.54, 1.807) is 0 Å². The van der Waals surface area contributed by atoms with Gasteiger partial charge < -0.3 is 0 Å². The van der Waals surface area contributed by atoms with Crippen LogP contribution in [-0.2, 0) is 0 Å². The summed E-state index contributed by atoms with van der Waals surface area (Å²) in [5, 5.41) is 8.57. The van der Waals surface area contributed by atoms with Gasteiger partial charge in [-0.1, -0.05) is 25.5 Å². The van der Waals surface area contributed by atoms with E-state index in [0.29, 0.717) is 12.3 Å². The van der Waals surface area contributed by atoms with Gasteiger partial charge in [0, 0.05) is 6.42 Å². The highest BCUT2D eigenvalue weighted by atomic mass is 14.4. The van der Waals surface area contributed by atoms with Crippen LogP contribution in [0.4, 0.5) is 0 Å². The standard InChI is InChI=1S/C10H15N/c1-8-4-5-9(6-7-11)10(8,2)3/h4,9H,5-6H2,1-3H3/t9-/m0/s1. The number of hydrogen-bond acceptors (Lipinski definition) is 1. The minimum Gasteiger partial charge on any atom is -0.198 e. The lowest BCUT2D eigenvalue weighted by atomic mass is 9.76. The molecule has 1 aliphatic carbocycles. The van der Waals surface area contributed by atoms with Gasteiger partial charge in [0.25, 0.3) is 0 Å². The predicted octanol–water partition coefficient (Wildman–Crippen LogP) is 2.89. The van der Waals surface area contributed by atoms with Gasteiger partial charge in [0.15, 0.2) is 0 Å². The Bertz CT molecular complexity index is 218. The van der Waals surface area contributed by atoms with Gasteiger partial charge in [-0.25, -0.2) is 0 Å². The van der Waals surface area contributed by atoms with Gasteiger partial charge in [-0.05, 0) is 24.7 Å². The van der Waals surface area contributed by atoms with E-state index in [-0.39, 0.29) is 5.41 Å². The molecule has 0 amide bonds. The Labute approximate surface area is 68.7 Å². The predicted molar refractivity (Wildman–Crippen MR) is 45.9 cm³/mol. The summed E-state index contributed by atoms with van der Waals surface area (Å²) < 4.78 is 0. The molecule has 1 aliphatic rings. The van der Waals surface area contributed by atoms with Crippen molar-refractivity contribution in [1.82, 2.24) is 0 Å². The van der Waals surface area contributed by atoms with Crippen molar-refractivity contribution in [3.8, 4) is 6.07 Å². The molecule has 0 radical (unpaired) electrons. The quantitative estimate of drug-likeness (QED) is 0.526. The number of rotatable bonds is 1. The Morgan fingerprint density at radius 2 is 2.36 bits per heavy atom. The molecule has 0 unspecified atom stereocenters. The average molecular weight is 149 g/mol. The topological polar surface area (TPSA) is 23.8 Å². The first-order valence-corrected chi connectivity index (χ1v) is 4.13. The molecule has 0 bridgehead atoms. The van der Waals surface area contributed by atoms with Crippen LogP contribution in [0.1, 0.15) is 33.6 Å². The number of hydrogen-bond donors (Lipinski definition) is 0. The van der Waals surface area contributed by atoms with E-state index in [4.69, 9.17) is 5.26 Å². The molecule has 1 atom stereocenters. The lowest BCUT2D eigenvalue weighted by molar-refractivity contribution is 0.297. The first-order chi connectivity index (χ1) is 5.09. The minimum atomic E-state index is 0.260. The highest BCUT2D eigenvalue weighted by Gasteiger charge is 2.34. The van der Waals surface area contributed by atoms with Crippen LogP contribution in [0, 0.1) is 22.7 Å². The maximum atomic E-state index is 8.57. The molecule has 0 N–H and O–H groups in total. The van der Waals surface area contributed by atoms with Crippen LogP contribution < -0.4 is 0 Å². The number of nitrogens with zero attached hydrogens (tertiary/aromatic N) is 1. The lowest BCUT2D eigenvalue weighted by Crippen LogP contribution is -2.19. The van der Waals surface area contributed by atoms with Crippen molar-refractivity contribution in [2.24, 2.45) is 11.3 Å². The molecule has 0 saturated carbocycles. The molecule has 0 aromatic rings. The third-order valence-corrected chi connectivity index (χ3v) is 3.08. The highest BCUT2D eigenvalue weighted by molar-refractivity contribution is 5.18. The second-order valence-electron chi connectivity index (χ2n) is 3.90. The maximum absolute atomic E-state index is 8.57. The molecule has 1 nitrogen and oxygen atoms in total. The molecule has 0 aromatic carbocycles. The second-order valence-corrected chi connectivity index (χ2v) is 3.90. The summed E-state index contributed by atoms with van der Waals surface area (Å²) in [5.74, 6) is 0.549. The molecule has 0 aromatic heterocycles. The smallest absolute Gasteiger partial charge is 0.0625 e. The number of allylic oxidation sites excluding steroid dienone is 2. The maximum Gasteiger partial charge on any atom is 0.0625 e. The fourth-order valence-corrected chi connectivity index (χ4v) is 1.65. The van der Waals surface area contributed by atoms with Gasteiger partial charge in [0.05, 0.1) is 6.07 Å². The van der Waals surface area contributed by atoms with Crippen molar-refractivity contribution in [1.29, 1.82) is 5.26 Å². The van der Waals surface area contributed by atoms with E-state index in [1.165, 1.54) is 5.57 Å². The third kappa shape index (κ3) is 1.30. The van der Waals surface area contributed by atoms with Crippen molar-refractivity contribution < 1.29 is 0 Å². The summed E-state index contributed by atoms with van der Waals surface area (Å²) in [6.45, 7) is 6.62. The highest BCUT2D eigenvalue weighted by Crippen LogP contribution is 2.44. The molecule has 0 saturated heterocycles. The average Bonchev–Trinajstić information content (AvgIpc) is 2.16. The minimum absolute atomic E-state index is 0.260.